The molecule has 0 heterocycles. The van der Waals surface area contributed by atoms with Gasteiger partial charge in [0, 0.05) is 38.6 Å². The Morgan fingerprint density at radius 3 is 2.36 bits per heavy atom. The van der Waals surface area contributed by atoms with E-state index in [1.165, 1.54) is 6.26 Å². The lowest BCUT2D eigenvalue weighted by Crippen LogP contribution is -2.37. The first-order valence-electron chi connectivity index (χ1n) is 8.93. The van der Waals surface area contributed by atoms with Gasteiger partial charge in [-0.05, 0) is 42.7 Å². The Balaban J connectivity index is 0.00000392. The maximum atomic E-state index is 11.7. The number of halogens is 1. The largest absolute Gasteiger partial charge is 0.385 e. The molecule has 0 spiro atoms. The smallest absolute Gasteiger partial charge is 0.191 e. The second kappa shape index (κ2) is 11.9. The maximum Gasteiger partial charge on any atom is 0.191 e. The molecule has 2 rings (SSSR count). The minimum Gasteiger partial charge on any atom is -0.385 e. The van der Waals surface area contributed by atoms with E-state index in [1.54, 1.807) is 13.1 Å². The lowest BCUT2D eigenvalue weighted by Gasteiger charge is -2.13. The molecule has 0 aliphatic carbocycles. The summed E-state index contributed by atoms with van der Waals surface area (Å²) in [6.45, 7) is 4.06. The zero-order valence-corrected chi connectivity index (χ0v) is 19.7. The van der Waals surface area contributed by atoms with Crippen molar-refractivity contribution in [2.24, 2.45) is 4.99 Å². The van der Waals surface area contributed by atoms with E-state index in [9.17, 15) is 8.42 Å². The molecule has 0 fully saturated rings. The number of hydrogen-bond donors (Lipinski definition) is 3. The molecule has 0 radical (unpaired) electrons. The fourth-order valence-electron chi connectivity index (χ4n) is 2.73. The molecule has 0 aromatic heterocycles. The second-order valence-electron chi connectivity index (χ2n) is 6.37. The quantitative estimate of drug-likeness (QED) is 0.217. The Hall–Kier alpha value is -1.81. The van der Waals surface area contributed by atoms with Crippen molar-refractivity contribution < 1.29 is 8.42 Å². The number of nitrogens with zero attached hydrogens (tertiary/aromatic N) is 1. The lowest BCUT2D eigenvalue weighted by atomic mass is 10.1. The fourth-order valence-corrected chi connectivity index (χ4v) is 3.69. The van der Waals surface area contributed by atoms with Crippen LogP contribution in [0.2, 0.25) is 0 Å². The molecular weight excluding hydrogens is 487 g/mol. The SMILES string of the molecule is CN=C(NCCCNc1ccccc1)NCc1ccc(S(C)(=O)=O)c(C)c1.I. The number of aryl methyl sites for hydroxylation is 1. The van der Waals surface area contributed by atoms with Crippen molar-refractivity contribution in [1.29, 1.82) is 0 Å². The highest BCUT2D eigenvalue weighted by Gasteiger charge is 2.10. The van der Waals surface area contributed by atoms with Crippen molar-refractivity contribution in [3.63, 3.8) is 0 Å². The van der Waals surface area contributed by atoms with Gasteiger partial charge >= 0.3 is 0 Å². The Morgan fingerprint density at radius 1 is 1.04 bits per heavy atom. The molecule has 154 valence electrons. The third kappa shape index (κ3) is 8.05. The van der Waals surface area contributed by atoms with Gasteiger partial charge in [0.05, 0.1) is 4.90 Å². The zero-order chi connectivity index (χ0) is 19.7. The summed E-state index contributed by atoms with van der Waals surface area (Å²) in [5.41, 5.74) is 2.88. The standard InChI is InChI=1S/C20H28N4O2S.HI/c1-16-14-17(10-11-19(16)27(3,25)26)15-24-20(21-2)23-13-7-12-22-18-8-5-4-6-9-18;/h4-6,8-11,14,22H,7,12-13,15H2,1-3H3,(H2,21,23,24);1H. The monoisotopic (exact) mass is 516 g/mol. The van der Waals surface area contributed by atoms with Crippen molar-refractivity contribution in [2.75, 3.05) is 31.7 Å². The van der Waals surface area contributed by atoms with Gasteiger partial charge in [0.25, 0.3) is 0 Å². The third-order valence-electron chi connectivity index (χ3n) is 4.07. The molecule has 3 N–H and O–H groups in total. The fraction of sp³-hybridized carbons (Fsp3) is 0.350. The van der Waals surface area contributed by atoms with Gasteiger partial charge in [-0.2, -0.15) is 0 Å². The van der Waals surface area contributed by atoms with Gasteiger partial charge in [-0.25, -0.2) is 8.42 Å². The van der Waals surface area contributed by atoms with Crippen molar-refractivity contribution in [3.8, 4) is 0 Å². The van der Waals surface area contributed by atoms with Crippen LogP contribution in [0.4, 0.5) is 5.69 Å². The van der Waals surface area contributed by atoms with E-state index in [-0.39, 0.29) is 24.0 Å². The molecule has 0 saturated carbocycles. The molecule has 0 aliphatic heterocycles. The molecule has 0 saturated heterocycles. The second-order valence-corrected chi connectivity index (χ2v) is 8.36. The van der Waals surface area contributed by atoms with Crippen LogP contribution in [-0.2, 0) is 16.4 Å². The van der Waals surface area contributed by atoms with E-state index >= 15 is 0 Å². The third-order valence-corrected chi connectivity index (χ3v) is 5.33. The summed E-state index contributed by atoms with van der Waals surface area (Å²) < 4.78 is 23.4. The number of rotatable bonds is 8. The number of sulfone groups is 1. The Morgan fingerprint density at radius 2 is 1.75 bits per heavy atom. The zero-order valence-electron chi connectivity index (χ0n) is 16.5. The van der Waals surface area contributed by atoms with Gasteiger partial charge < -0.3 is 16.0 Å². The number of benzene rings is 2. The molecule has 2 aromatic carbocycles. The molecule has 0 aliphatic rings. The summed E-state index contributed by atoms with van der Waals surface area (Å²) in [6.07, 6.45) is 2.18. The summed E-state index contributed by atoms with van der Waals surface area (Å²) in [4.78, 5) is 4.59. The van der Waals surface area contributed by atoms with E-state index in [4.69, 9.17) is 0 Å². The average Bonchev–Trinajstić information content (AvgIpc) is 2.64. The van der Waals surface area contributed by atoms with E-state index in [1.807, 2.05) is 49.4 Å². The van der Waals surface area contributed by atoms with Crippen LogP contribution in [0.15, 0.2) is 58.4 Å². The number of anilines is 1. The minimum absolute atomic E-state index is 0. The topological polar surface area (TPSA) is 82.6 Å². The Labute approximate surface area is 185 Å². The molecule has 0 unspecified atom stereocenters. The van der Waals surface area contributed by atoms with Crippen LogP contribution in [0.25, 0.3) is 0 Å². The van der Waals surface area contributed by atoms with Gasteiger partial charge in [-0.15, -0.1) is 24.0 Å². The van der Waals surface area contributed by atoms with Gasteiger partial charge in [0.15, 0.2) is 15.8 Å². The summed E-state index contributed by atoms with van der Waals surface area (Å²) in [7, 11) is -1.45. The predicted molar refractivity (Wildman–Crippen MR) is 127 cm³/mol. The summed E-state index contributed by atoms with van der Waals surface area (Å²) in [5.74, 6) is 0.722. The number of para-hydroxylation sites is 1. The summed E-state index contributed by atoms with van der Waals surface area (Å²) in [6, 6.07) is 15.5. The van der Waals surface area contributed by atoms with E-state index < -0.39 is 9.84 Å². The minimum atomic E-state index is -3.19. The van der Waals surface area contributed by atoms with E-state index in [0.29, 0.717) is 11.4 Å². The van der Waals surface area contributed by atoms with Gasteiger partial charge in [-0.1, -0.05) is 30.3 Å². The van der Waals surface area contributed by atoms with Gasteiger partial charge in [0.2, 0.25) is 0 Å². The van der Waals surface area contributed by atoms with Crippen LogP contribution in [0.3, 0.4) is 0 Å². The number of aliphatic imine (C=N–C) groups is 1. The van der Waals surface area contributed by atoms with Gasteiger partial charge in [0.1, 0.15) is 0 Å². The first kappa shape index (κ1) is 24.2. The first-order valence-corrected chi connectivity index (χ1v) is 10.8. The number of guanidine groups is 1. The van der Waals surface area contributed by atoms with E-state index in [0.717, 1.165) is 42.3 Å². The van der Waals surface area contributed by atoms with Crippen LogP contribution in [0.1, 0.15) is 17.5 Å². The molecule has 8 heteroatoms. The van der Waals surface area contributed by atoms with Crippen LogP contribution >= 0.6 is 24.0 Å². The van der Waals surface area contributed by atoms with Crippen LogP contribution in [0, 0.1) is 6.92 Å². The Bertz CT molecular complexity index is 871. The highest BCUT2D eigenvalue weighted by Crippen LogP contribution is 2.16. The van der Waals surface area contributed by atoms with Crippen molar-refractivity contribution in [2.45, 2.75) is 24.8 Å². The maximum absolute atomic E-state index is 11.7. The normalized spacial score (nSPS) is 11.5. The molecule has 0 amide bonds. The van der Waals surface area contributed by atoms with Crippen LogP contribution in [0.5, 0.6) is 0 Å². The predicted octanol–water partition coefficient (Wildman–Crippen LogP) is 3.18. The molecular formula is C20H29IN4O2S. The van der Waals surface area contributed by atoms with Crippen molar-refractivity contribution >= 4 is 45.5 Å². The van der Waals surface area contributed by atoms with E-state index in [2.05, 4.69) is 20.9 Å². The molecule has 2 aromatic rings. The summed E-state index contributed by atoms with van der Waals surface area (Å²) >= 11 is 0. The Kier molecular flexibility index (Phi) is 10.3. The van der Waals surface area contributed by atoms with Gasteiger partial charge in [-0.3, -0.25) is 4.99 Å². The number of hydrogen-bond acceptors (Lipinski definition) is 4. The average molecular weight is 516 g/mol. The van der Waals surface area contributed by atoms with Crippen LogP contribution < -0.4 is 16.0 Å². The van der Waals surface area contributed by atoms with Crippen molar-refractivity contribution in [3.05, 3.63) is 59.7 Å². The molecule has 0 atom stereocenters. The molecule has 0 bridgehead atoms. The lowest BCUT2D eigenvalue weighted by molar-refractivity contribution is 0.601. The first-order chi connectivity index (χ1) is 12.9. The highest BCUT2D eigenvalue weighted by atomic mass is 127. The summed E-state index contributed by atoms with van der Waals surface area (Å²) in [5, 5.41) is 9.90. The highest BCUT2D eigenvalue weighted by molar-refractivity contribution is 14.0. The number of nitrogens with one attached hydrogen (secondary N) is 3. The van der Waals surface area contributed by atoms with Crippen LogP contribution in [-0.4, -0.2) is 40.8 Å². The molecule has 28 heavy (non-hydrogen) atoms. The van der Waals surface area contributed by atoms with Crippen molar-refractivity contribution in [1.82, 2.24) is 10.6 Å². The molecule has 6 nitrogen and oxygen atoms in total.